The molecule has 0 spiro atoms. The lowest BCUT2D eigenvalue weighted by Gasteiger charge is -2.38. The first-order chi connectivity index (χ1) is 21.3. The van der Waals surface area contributed by atoms with Crippen LogP contribution in [-0.4, -0.2) is 62.3 Å². The van der Waals surface area contributed by atoms with Gasteiger partial charge in [0.2, 0.25) is 5.82 Å². The van der Waals surface area contributed by atoms with Gasteiger partial charge in [0, 0.05) is 37.4 Å². The maximum Gasteiger partial charge on any atom is 0.328 e. The largest absolute Gasteiger partial charge is 0.467 e. The standard InChI is InChI=1S/C34H41ClN4O5Si/c1-21-11-9-10-12-26(21)27-14-13-22(15-24(27)20-41-5)32-37-30(38-43-32)23-16-28(35)31(36-18-23)39-19-25(17-29(39)33(40)42-6)44-45(7,8)34(2,3)4/h9-16,18,25,29H,17,19-20H2,1-8H3/t25-,29+/m1/s1. The fourth-order valence-corrected chi connectivity index (χ4v) is 7.06. The van der Waals surface area contributed by atoms with Gasteiger partial charge in [0.1, 0.15) is 11.9 Å². The molecule has 238 valence electrons. The molecule has 0 bridgehead atoms. The molecule has 4 aromatic rings. The molecule has 3 heterocycles. The monoisotopic (exact) mass is 648 g/mol. The minimum atomic E-state index is -2.07. The van der Waals surface area contributed by atoms with Gasteiger partial charge in [-0.3, -0.25) is 0 Å². The van der Waals surface area contributed by atoms with Gasteiger partial charge in [-0.15, -0.1) is 0 Å². The van der Waals surface area contributed by atoms with Crippen LogP contribution < -0.4 is 4.90 Å². The molecule has 1 saturated heterocycles. The van der Waals surface area contributed by atoms with Crippen LogP contribution in [-0.2, 0) is 25.3 Å². The summed E-state index contributed by atoms with van der Waals surface area (Å²) in [5.74, 6) is 0.862. The van der Waals surface area contributed by atoms with E-state index < -0.39 is 14.4 Å². The molecule has 2 atom stereocenters. The van der Waals surface area contributed by atoms with Gasteiger partial charge < -0.3 is 23.3 Å². The highest BCUT2D eigenvalue weighted by atomic mass is 35.5. The van der Waals surface area contributed by atoms with E-state index in [9.17, 15) is 4.79 Å². The van der Waals surface area contributed by atoms with Crippen molar-refractivity contribution in [2.75, 3.05) is 25.7 Å². The summed E-state index contributed by atoms with van der Waals surface area (Å²) < 4.78 is 23.0. The summed E-state index contributed by atoms with van der Waals surface area (Å²) in [7, 11) is 1.00. The lowest BCUT2D eigenvalue weighted by atomic mass is 9.94. The second-order valence-electron chi connectivity index (χ2n) is 13.0. The Hall–Kier alpha value is -3.57. The first-order valence-electron chi connectivity index (χ1n) is 15.0. The van der Waals surface area contributed by atoms with Crippen molar-refractivity contribution in [3.8, 4) is 34.0 Å². The van der Waals surface area contributed by atoms with Crippen LogP contribution in [0.2, 0.25) is 23.2 Å². The van der Waals surface area contributed by atoms with Crippen LogP contribution in [0.25, 0.3) is 34.0 Å². The van der Waals surface area contributed by atoms with Crippen LogP contribution in [0.4, 0.5) is 5.82 Å². The Kier molecular flexibility index (Phi) is 9.51. The molecule has 1 aliphatic rings. The fourth-order valence-electron chi connectivity index (χ4n) is 5.43. The minimum Gasteiger partial charge on any atom is -0.467 e. The van der Waals surface area contributed by atoms with Crippen molar-refractivity contribution in [3.63, 3.8) is 0 Å². The van der Waals surface area contributed by atoms with Gasteiger partial charge in [0.05, 0.1) is 24.8 Å². The molecule has 0 radical (unpaired) electrons. The number of halogens is 1. The van der Waals surface area contributed by atoms with E-state index in [2.05, 4.69) is 74.1 Å². The Bertz CT molecular complexity index is 1690. The maximum atomic E-state index is 12.8. The molecule has 1 aliphatic heterocycles. The molecular weight excluding hydrogens is 608 g/mol. The number of ether oxygens (including phenoxy) is 2. The molecule has 45 heavy (non-hydrogen) atoms. The molecule has 0 amide bonds. The molecule has 0 saturated carbocycles. The highest BCUT2D eigenvalue weighted by Crippen LogP contribution is 2.41. The summed E-state index contributed by atoms with van der Waals surface area (Å²) in [6.07, 6.45) is 2.00. The predicted molar refractivity (Wildman–Crippen MR) is 179 cm³/mol. The SMILES string of the molecule is COCc1cc(-c2nc(-c3cnc(N4C[C@H](O[Si](C)(C)C(C)(C)C)C[C@H]4C(=O)OC)c(Cl)c3)no2)ccc1-c1ccccc1C. The Balaban J connectivity index is 1.40. The number of benzene rings is 2. The highest BCUT2D eigenvalue weighted by molar-refractivity contribution is 6.74. The van der Waals surface area contributed by atoms with Gasteiger partial charge in [0.25, 0.3) is 5.89 Å². The van der Waals surface area contributed by atoms with Gasteiger partial charge in [-0.25, -0.2) is 9.78 Å². The highest BCUT2D eigenvalue weighted by Gasteiger charge is 2.45. The molecule has 2 aromatic carbocycles. The van der Waals surface area contributed by atoms with E-state index in [4.69, 9.17) is 30.0 Å². The number of anilines is 1. The summed E-state index contributed by atoms with van der Waals surface area (Å²) >= 11 is 6.81. The number of aryl methyl sites for hydroxylation is 1. The second-order valence-corrected chi connectivity index (χ2v) is 18.2. The van der Waals surface area contributed by atoms with Crippen molar-refractivity contribution in [2.24, 2.45) is 0 Å². The summed E-state index contributed by atoms with van der Waals surface area (Å²) in [5.41, 5.74) is 5.80. The quantitative estimate of drug-likeness (QED) is 0.133. The van der Waals surface area contributed by atoms with E-state index in [0.717, 1.165) is 22.3 Å². The lowest BCUT2D eigenvalue weighted by molar-refractivity contribution is -0.142. The number of methoxy groups -OCH3 is 2. The molecule has 0 aliphatic carbocycles. The summed E-state index contributed by atoms with van der Waals surface area (Å²) in [5, 5.41) is 4.62. The van der Waals surface area contributed by atoms with Gasteiger partial charge in [-0.1, -0.05) is 67.9 Å². The van der Waals surface area contributed by atoms with Crippen molar-refractivity contribution in [1.29, 1.82) is 0 Å². The normalized spacial score (nSPS) is 17.1. The molecular formula is C34H41ClN4O5Si. The van der Waals surface area contributed by atoms with Crippen LogP contribution in [0.5, 0.6) is 0 Å². The predicted octanol–water partition coefficient (Wildman–Crippen LogP) is 7.72. The Morgan fingerprint density at radius 2 is 1.84 bits per heavy atom. The molecule has 0 unspecified atom stereocenters. The zero-order valence-electron chi connectivity index (χ0n) is 27.2. The second kappa shape index (κ2) is 13.0. The third kappa shape index (κ3) is 6.84. The number of carbonyl (C=O) groups excluding carboxylic acids is 1. The van der Waals surface area contributed by atoms with E-state index in [0.29, 0.717) is 47.7 Å². The Morgan fingerprint density at radius 1 is 1.09 bits per heavy atom. The van der Waals surface area contributed by atoms with Crippen molar-refractivity contribution in [3.05, 3.63) is 70.9 Å². The van der Waals surface area contributed by atoms with Crippen molar-refractivity contribution in [2.45, 2.75) is 71.0 Å². The summed E-state index contributed by atoms with van der Waals surface area (Å²) in [6, 6.07) is 15.5. The van der Waals surface area contributed by atoms with E-state index in [-0.39, 0.29) is 17.1 Å². The van der Waals surface area contributed by atoms with Crippen LogP contribution >= 0.6 is 11.6 Å². The molecule has 5 rings (SSSR count). The molecule has 1 fully saturated rings. The topological polar surface area (TPSA) is 99.8 Å². The van der Waals surface area contributed by atoms with E-state index in [1.54, 1.807) is 19.4 Å². The Morgan fingerprint density at radius 3 is 2.51 bits per heavy atom. The number of pyridine rings is 1. The molecule has 9 nitrogen and oxygen atoms in total. The van der Waals surface area contributed by atoms with Crippen molar-refractivity contribution >= 4 is 31.7 Å². The number of carbonyl (C=O) groups is 1. The minimum absolute atomic E-state index is 0.0382. The average molecular weight is 649 g/mol. The molecule has 11 heteroatoms. The average Bonchev–Trinajstić information content (AvgIpc) is 3.64. The van der Waals surface area contributed by atoms with Crippen LogP contribution in [0.1, 0.15) is 38.3 Å². The lowest BCUT2D eigenvalue weighted by Crippen LogP contribution is -2.44. The van der Waals surface area contributed by atoms with Crippen molar-refractivity contribution < 1.29 is 23.2 Å². The van der Waals surface area contributed by atoms with E-state index >= 15 is 0 Å². The van der Waals surface area contributed by atoms with E-state index in [1.165, 1.54) is 12.7 Å². The molecule has 0 N–H and O–H groups in total. The zero-order valence-corrected chi connectivity index (χ0v) is 28.9. The first kappa shape index (κ1) is 32.8. The number of hydrogen-bond acceptors (Lipinski definition) is 9. The zero-order chi connectivity index (χ0) is 32.5. The van der Waals surface area contributed by atoms with E-state index in [1.807, 2.05) is 29.2 Å². The van der Waals surface area contributed by atoms with Gasteiger partial charge >= 0.3 is 5.97 Å². The van der Waals surface area contributed by atoms with Gasteiger partial charge in [-0.2, -0.15) is 4.98 Å². The van der Waals surface area contributed by atoms with Crippen LogP contribution in [0.3, 0.4) is 0 Å². The summed E-state index contributed by atoms with van der Waals surface area (Å²) in [6.45, 7) is 14.0. The van der Waals surface area contributed by atoms with Gasteiger partial charge in [-0.05, 0) is 65.5 Å². The van der Waals surface area contributed by atoms with Crippen LogP contribution in [0.15, 0.2) is 59.3 Å². The smallest absolute Gasteiger partial charge is 0.328 e. The molecule has 2 aromatic heterocycles. The number of nitrogens with zero attached hydrogens (tertiary/aromatic N) is 4. The number of esters is 1. The third-order valence-electron chi connectivity index (χ3n) is 8.87. The summed E-state index contributed by atoms with van der Waals surface area (Å²) in [4.78, 5) is 24.0. The number of aromatic nitrogens is 3. The maximum absolute atomic E-state index is 12.8. The first-order valence-corrected chi connectivity index (χ1v) is 18.3. The Labute approximate surface area is 271 Å². The number of hydrogen-bond donors (Lipinski definition) is 0. The van der Waals surface area contributed by atoms with Crippen molar-refractivity contribution in [1.82, 2.24) is 15.1 Å². The number of rotatable bonds is 9. The third-order valence-corrected chi connectivity index (χ3v) is 13.7. The van der Waals surface area contributed by atoms with Crippen LogP contribution in [0, 0.1) is 6.92 Å². The van der Waals surface area contributed by atoms with Gasteiger partial charge in [0.15, 0.2) is 8.32 Å². The fraction of sp³-hybridized carbons (Fsp3) is 0.412.